The maximum absolute atomic E-state index is 10.3. The van der Waals surface area contributed by atoms with E-state index in [-0.39, 0.29) is 0 Å². The molecule has 0 fully saturated rings. The maximum atomic E-state index is 10.3. The fourth-order valence-corrected chi connectivity index (χ4v) is 0.530. The summed E-state index contributed by atoms with van der Waals surface area (Å²) >= 11 is 0. The zero-order valence-electron chi connectivity index (χ0n) is 4.68. The first kappa shape index (κ1) is 5.28. The van der Waals surface area contributed by atoms with Crippen LogP contribution < -0.4 is 0 Å². The summed E-state index contributed by atoms with van der Waals surface area (Å²) in [6.45, 7) is 2.31. The van der Waals surface area contributed by atoms with Crippen molar-refractivity contribution in [3.05, 3.63) is 0 Å². The number of hydrogen-bond acceptors (Lipinski definition) is 2. The van der Waals surface area contributed by atoms with E-state index >= 15 is 0 Å². The predicted octanol–water partition coefficient (Wildman–Crippen LogP) is 0.988. The van der Waals surface area contributed by atoms with Crippen LogP contribution in [0, 0.1) is 0 Å². The lowest BCUT2D eigenvalue weighted by Gasteiger charge is -2.06. The van der Waals surface area contributed by atoms with Crippen molar-refractivity contribution in [2.45, 2.75) is 13.3 Å². The first-order valence-corrected chi connectivity index (χ1v) is 2.50. The molecule has 0 aromatic carbocycles. The van der Waals surface area contributed by atoms with E-state index in [9.17, 15) is 4.79 Å². The Labute approximate surface area is 47.4 Å². The molecule has 0 aliphatic carbocycles. The van der Waals surface area contributed by atoms with Gasteiger partial charge in [-0.2, -0.15) is 4.99 Å². The van der Waals surface area contributed by atoms with Crippen LogP contribution in [0.1, 0.15) is 13.3 Å². The molecule has 0 bridgehead atoms. The number of nitrogens with zero attached hydrogens (tertiary/aromatic N) is 1. The number of cyclic esters (lactones) is 1. The molecule has 0 N–H and O–H groups in total. The van der Waals surface area contributed by atoms with Gasteiger partial charge in [0.05, 0.1) is 6.61 Å². The Morgan fingerprint density at radius 1 is 1.75 bits per heavy atom. The summed E-state index contributed by atoms with van der Waals surface area (Å²) in [5.41, 5.74) is 0.862. The maximum Gasteiger partial charge on any atom is 0.433 e. The molecule has 0 spiro atoms. The normalized spacial score (nSPS) is 19.6. The van der Waals surface area contributed by atoms with E-state index in [1.807, 2.05) is 6.92 Å². The van der Waals surface area contributed by atoms with Gasteiger partial charge in [-0.25, -0.2) is 4.79 Å². The number of ether oxygens (including phenoxy) is 1. The first-order valence-electron chi connectivity index (χ1n) is 2.50. The van der Waals surface area contributed by atoms with Gasteiger partial charge in [-0.1, -0.05) is 0 Å². The number of carbonyl (C=O) groups excluding carboxylic acids is 1. The lowest BCUT2D eigenvalue weighted by Crippen LogP contribution is -2.12. The van der Waals surface area contributed by atoms with E-state index in [0.29, 0.717) is 6.61 Å². The van der Waals surface area contributed by atoms with Crippen LogP contribution in [0.3, 0.4) is 0 Å². The molecular weight excluding hydrogens is 106 g/mol. The molecule has 0 unspecified atom stereocenters. The van der Waals surface area contributed by atoms with Gasteiger partial charge in [0, 0.05) is 12.1 Å². The van der Waals surface area contributed by atoms with Gasteiger partial charge >= 0.3 is 6.09 Å². The summed E-state index contributed by atoms with van der Waals surface area (Å²) in [6, 6.07) is 0. The van der Waals surface area contributed by atoms with Crippen LogP contribution in [0.5, 0.6) is 0 Å². The van der Waals surface area contributed by atoms with Crippen molar-refractivity contribution >= 4 is 11.8 Å². The number of rotatable bonds is 0. The minimum absolute atomic E-state index is 0.450. The molecule has 0 aromatic heterocycles. The first-order chi connectivity index (χ1) is 3.79. The van der Waals surface area contributed by atoms with Gasteiger partial charge < -0.3 is 4.74 Å². The molecule has 44 valence electrons. The number of aliphatic imine (C=N–C) groups is 1. The lowest BCUT2D eigenvalue weighted by atomic mass is 10.3. The molecule has 1 amide bonds. The standard InChI is InChI=1S/C5H7NO2/c1-4-2-3-8-5(7)6-4/h2-3H2,1H3. The van der Waals surface area contributed by atoms with Gasteiger partial charge in [0.1, 0.15) is 0 Å². The Balaban J connectivity index is 2.64. The van der Waals surface area contributed by atoms with Gasteiger partial charge in [0.2, 0.25) is 0 Å². The Morgan fingerprint density at radius 3 is 2.88 bits per heavy atom. The highest BCUT2D eigenvalue weighted by atomic mass is 16.5. The van der Waals surface area contributed by atoms with E-state index in [1.54, 1.807) is 0 Å². The van der Waals surface area contributed by atoms with Crippen molar-refractivity contribution in [2.75, 3.05) is 6.61 Å². The zero-order valence-corrected chi connectivity index (χ0v) is 4.68. The summed E-state index contributed by atoms with van der Waals surface area (Å²) < 4.78 is 4.52. The van der Waals surface area contributed by atoms with Crippen LogP contribution in [0.4, 0.5) is 4.79 Å². The number of hydrogen-bond donors (Lipinski definition) is 0. The molecule has 0 saturated carbocycles. The van der Waals surface area contributed by atoms with Gasteiger partial charge in [0.15, 0.2) is 0 Å². The van der Waals surface area contributed by atoms with Crippen LogP contribution in [0.2, 0.25) is 0 Å². The molecule has 0 atom stereocenters. The Morgan fingerprint density at radius 2 is 2.50 bits per heavy atom. The molecule has 3 nitrogen and oxygen atoms in total. The summed E-state index contributed by atoms with van der Waals surface area (Å²) in [6.07, 6.45) is 0.333. The fraction of sp³-hybridized carbons (Fsp3) is 0.600. The van der Waals surface area contributed by atoms with Gasteiger partial charge in [-0.15, -0.1) is 0 Å². The highest BCUT2D eigenvalue weighted by molar-refractivity contribution is 5.93. The van der Waals surface area contributed by atoms with E-state index in [4.69, 9.17) is 0 Å². The Kier molecular flexibility index (Phi) is 1.28. The van der Waals surface area contributed by atoms with E-state index in [1.165, 1.54) is 0 Å². The third kappa shape index (κ3) is 1.05. The second-order valence-corrected chi connectivity index (χ2v) is 1.71. The molecule has 0 saturated heterocycles. The van der Waals surface area contributed by atoms with Gasteiger partial charge in [-0.05, 0) is 6.92 Å². The third-order valence-electron chi connectivity index (χ3n) is 0.972. The number of carbonyl (C=O) groups is 1. The molecule has 3 heteroatoms. The van der Waals surface area contributed by atoms with Crippen molar-refractivity contribution in [3.8, 4) is 0 Å². The molecule has 1 rings (SSSR count). The van der Waals surface area contributed by atoms with Crippen molar-refractivity contribution in [1.29, 1.82) is 0 Å². The van der Waals surface area contributed by atoms with E-state index < -0.39 is 6.09 Å². The quantitative estimate of drug-likeness (QED) is 0.469. The average Bonchev–Trinajstić information content (AvgIpc) is 1.64. The summed E-state index contributed by atoms with van der Waals surface area (Å²) in [5.74, 6) is 0. The molecule has 0 aromatic rings. The second kappa shape index (κ2) is 1.94. The summed E-state index contributed by atoms with van der Waals surface area (Å²) in [7, 11) is 0. The summed E-state index contributed by atoms with van der Waals surface area (Å²) in [5, 5.41) is 0. The minimum atomic E-state index is -0.450. The van der Waals surface area contributed by atoms with Gasteiger partial charge in [-0.3, -0.25) is 0 Å². The van der Waals surface area contributed by atoms with Crippen LogP contribution in [-0.2, 0) is 4.74 Å². The highest BCUT2D eigenvalue weighted by Crippen LogP contribution is 1.98. The smallest absolute Gasteiger partial charge is 0.433 e. The third-order valence-corrected chi connectivity index (χ3v) is 0.972. The number of amides is 1. The molecule has 1 heterocycles. The monoisotopic (exact) mass is 113 g/mol. The Bertz CT molecular complexity index is 139. The fourth-order valence-electron chi connectivity index (χ4n) is 0.530. The van der Waals surface area contributed by atoms with Crippen LogP contribution in [0.25, 0.3) is 0 Å². The highest BCUT2D eigenvalue weighted by Gasteiger charge is 2.06. The van der Waals surface area contributed by atoms with E-state index in [0.717, 1.165) is 12.1 Å². The van der Waals surface area contributed by atoms with Gasteiger partial charge in [0.25, 0.3) is 0 Å². The van der Waals surface area contributed by atoms with Crippen molar-refractivity contribution in [2.24, 2.45) is 4.99 Å². The largest absolute Gasteiger partial charge is 0.448 e. The molecule has 0 radical (unpaired) electrons. The second-order valence-electron chi connectivity index (χ2n) is 1.71. The molecule has 1 aliphatic heterocycles. The summed E-state index contributed by atoms with van der Waals surface area (Å²) in [4.78, 5) is 13.8. The molecular formula is C5H7NO2. The van der Waals surface area contributed by atoms with E-state index in [2.05, 4.69) is 9.73 Å². The van der Waals surface area contributed by atoms with Crippen molar-refractivity contribution in [3.63, 3.8) is 0 Å². The Hall–Kier alpha value is -0.860. The minimum Gasteiger partial charge on any atom is -0.448 e. The topological polar surface area (TPSA) is 38.7 Å². The lowest BCUT2D eigenvalue weighted by molar-refractivity contribution is 0.156. The van der Waals surface area contributed by atoms with Crippen LogP contribution in [-0.4, -0.2) is 18.4 Å². The van der Waals surface area contributed by atoms with Crippen LogP contribution >= 0.6 is 0 Å². The molecule has 8 heavy (non-hydrogen) atoms. The van der Waals surface area contributed by atoms with Crippen LogP contribution in [0.15, 0.2) is 4.99 Å². The predicted molar refractivity (Wildman–Crippen MR) is 29.1 cm³/mol. The van der Waals surface area contributed by atoms with Crippen molar-refractivity contribution in [1.82, 2.24) is 0 Å². The van der Waals surface area contributed by atoms with Crippen molar-refractivity contribution < 1.29 is 9.53 Å². The molecule has 1 aliphatic rings. The zero-order chi connectivity index (χ0) is 5.98. The average molecular weight is 113 g/mol. The SMILES string of the molecule is CC1=NC(=O)OCC1.